The maximum atomic E-state index is 13.9. The molecule has 2 N–H and O–H groups in total. The zero-order valence-corrected chi connectivity index (χ0v) is 19.7. The Morgan fingerprint density at radius 2 is 1.74 bits per heavy atom. The zero-order chi connectivity index (χ0) is 23.7. The molecule has 2 saturated heterocycles. The summed E-state index contributed by atoms with van der Waals surface area (Å²) < 4.78 is 40.4. The Kier molecular flexibility index (Phi) is 8.09. The van der Waals surface area contributed by atoms with E-state index >= 15 is 0 Å². The molecule has 2 aliphatic rings. The molecule has 0 aromatic heterocycles. The van der Waals surface area contributed by atoms with Gasteiger partial charge in [0.1, 0.15) is 5.82 Å². The Morgan fingerprint density at radius 1 is 1.06 bits per heavy atom. The van der Waals surface area contributed by atoms with Gasteiger partial charge in [0.2, 0.25) is 5.91 Å². The summed E-state index contributed by atoms with van der Waals surface area (Å²) in [5.41, 5.74) is 8.16. The molecule has 0 radical (unpaired) electrons. The van der Waals surface area contributed by atoms with Crippen LogP contribution in [-0.4, -0.2) is 64.9 Å². The minimum Gasteiger partial charge on any atom is -0.339 e. The first-order chi connectivity index (χ1) is 15.7. The van der Waals surface area contributed by atoms with Gasteiger partial charge < -0.3 is 20.4 Å². The summed E-state index contributed by atoms with van der Waals surface area (Å²) in [7, 11) is 0. The van der Waals surface area contributed by atoms with Gasteiger partial charge in [0.05, 0.1) is 6.04 Å². The molecule has 2 heterocycles. The van der Waals surface area contributed by atoms with Crippen molar-refractivity contribution in [2.75, 3.05) is 26.2 Å². The molecule has 0 bridgehead atoms. The van der Waals surface area contributed by atoms with Crippen molar-refractivity contribution in [3.63, 3.8) is 0 Å². The van der Waals surface area contributed by atoms with Crippen LogP contribution in [0.5, 0.6) is 0 Å². The predicted molar refractivity (Wildman–Crippen MR) is 124 cm³/mol. The van der Waals surface area contributed by atoms with Crippen LogP contribution >= 0.6 is 12.4 Å². The molecule has 1 unspecified atom stereocenters. The fraction of sp³-hybridized carbons (Fsp3) is 0.417. The van der Waals surface area contributed by atoms with Crippen LogP contribution in [-0.2, 0) is 17.8 Å². The number of benzene rings is 2. The normalized spacial score (nSPS) is 18.6. The summed E-state index contributed by atoms with van der Waals surface area (Å²) in [6, 6.07) is 8.44. The summed E-state index contributed by atoms with van der Waals surface area (Å²) in [5.74, 6) is -3.50. The average Bonchev–Trinajstić information content (AvgIpc) is 3.08. The molecular formula is C24H28ClF3N4O2. The van der Waals surface area contributed by atoms with Crippen molar-refractivity contribution in [1.29, 1.82) is 0 Å². The second kappa shape index (κ2) is 10.7. The molecule has 0 saturated carbocycles. The number of piperazine rings is 1. The number of nitrogens with two attached hydrogens (primary N) is 1. The van der Waals surface area contributed by atoms with Gasteiger partial charge in [0.25, 0.3) is 0 Å². The van der Waals surface area contributed by atoms with Gasteiger partial charge in [-0.15, -0.1) is 12.4 Å². The highest BCUT2D eigenvalue weighted by Gasteiger charge is 2.41. The van der Waals surface area contributed by atoms with Crippen molar-refractivity contribution >= 4 is 24.3 Å². The van der Waals surface area contributed by atoms with Crippen molar-refractivity contribution in [3.8, 4) is 0 Å². The van der Waals surface area contributed by atoms with Gasteiger partial charge in [0.15, 0.2) is 11.6 Å². The number of fused-ring (bicyclic) bond motifs is 1. The number of rotatable bonds is 6. The van der Waals surface area contributed by atoms with Crippen LogP contribution < -0.4 is 5.73 Å². The fourth-order valence-corrected chi connectivity index (χ4v) is 4.48. The molecule has 0 aliphatic carbocycles. The molecule has 184 valence electrons. The first kappa shape index (κ1) is 25.8. The van der Waals surface area contributed by atoms with Gasteiger partial charge in [-0.2, -0.15) is 0 Å². The highest BCUT2D eigenvalue weighted by atomic mass is 35.5. The van der Waals surface area contributed by atoms with Gasteiger partial charge in [-0.1, -0.05) is 29.8 Å². The molecule has 2 fully saturated rings. The molecule has 34 heavy (non-hydrogen) atoms. The lowest BCUT2D eigenvalue weighted by Crippen LogP contribution is -2.54. The Morgan fingerprint density at radius 3 is 2.44 bits per heavy atom. The van der Waals surface area contributed by atoms with Crippen molar-refractivity contribution in [2.45, 2.75) is 38.4 Å². The van der Waals surface area contributed by atoms with Gasteiger partial charge >= 0.3 is 6.03 Å². The van der Waals surface area contributed by atoms with E-state index in [0.717, 1.165) is 17.2 Å². The molecule has 2 aromatic rings. The van der Waals surface area contributed by atoms with Crippen LogP contribution in [0.15, 0.2) is 36.4 Å². The smallest absolute Gasteiger partial charge is 0.320 e. The van der Waals surface area contributed by atoms with E-state index in [2.05, 4.69) is 0 Å². The molecule has 2 aromatic carbocycles. The minimum absolute atomic E-state index is 0. The average molecular weight is 497 g/mol. The highest BCUT2D eigenvalue weighted by Crippen LogP contribution is 2.23. The van der Waals surface area contributed by atoms with Crippen molar-refractivity contribution in [2.24, 2.45) is 5.73 Å². The molecule has 3 amide bonds. The largest absolute Gasteiger partial charge is 0.339 e. The van der Waals surface area contributed by atoms with Crippen LogP contribution in [0.2, 0.25) is 0 Å². The number of hydrogen-bond donors (Lipinski definition) is 1. The SMILES string of the molecule is Cc1ccc(CN2CC3CN(C(=O)C[C@H](N)Cc4cc(F)c(F)cc4F)CCN3C2=O)cc1.Cl. The van der Waals surface area contributed by atoms with E-state index in [9.17, 15) is 22.8 Å². The standard InChI is InChI=1S/C24H27F3N4O2.ClH/c1-15-2-4-16(5-3-15)12-30-14-19-13-29(6-7-31(19)24(30)33)23(32)10-18(28)8-17-9-21(26)22(27)11-20(17)25;/h2-5,9,11,18-19H,6-8,10,12-14,28H2,1H3;1H/t18-,19?;/m1./s1. The number of aryl methyl sites for hydroxylation is 1. The number of nitrogens with zero attached hydrogens (tertiary/aromatic N) is 3. The number of carbonyl (C=O) groups is 2. The molecule has 4 rings (SSSR count). The second-order valence-corrected chi connectivity index (χ2v) is 8.86. The fourth-order valence-electron chi connectivity index (χ4n) is 4.48. The number of carbonyl (C=O) groups excluding carboxylic acids is 2. The monoisotopic (exact) mass is 496 g/mol. The summed E-state index contributed by atoms with van der Waals surface area (Å²) in [6.45, 7) is 4.30. The topological polar surface area (TPSA) is 69.9 Å². The Labute approximate surface area is 202 Å². The van der Waals surface area contributed by atoms with Crippen molar-refractivity contribution in [1.82, 2.24) is 14.7 Å². The van der Waals surface area contributed by atoms with E-state index in [-0.39, 0.29) is 48.8 Å². The highest BCUT2D eigenvalue weighted by molar-refractivity contribution is 5.85. The van der Waals surface area contributed by atoms with Crippen LogP contribution in [0.25, 0.3) is 0 Å². The lowest BCUT2D eigenvalue weighted by Gasteiger charge is -2.36. The quantitative estimate of drug-likeness (QED) is 0.624. The Balaban J connectivity index is 0.00000324. The van der Waals surface area contributed by atoms with E-state index < -0.39 is 23.5 Å². The van der Waals surface area contributed by atoms with E-state index in [1.54, 1.807) is 14.7 Å². The van der Waals surface area contributed by atoms with E-state index in [4.69, 9.17) is 5.73 Å². The lowest BCUT2D eigenvalue weighted by atomic mass is 10.0. The number of urea groups is 1. The molecule has 2 atom stereocenters. The van der Waals surface area contributed by atoms with E-state index in [0.29, 0.717) is 38.8 Å². The number of hydrogen-bond acceptors (Lipinski definition) is 3. The predicted octanol–water partition coefficient (Wildman–Crippen LogP) is 3.24. The van der Waals surface area contributed by atoms with Crippen LogP contribution in [0, 0.1) is 24.4 Å². The van der Waals surface area contributed by atoms with Gasteiger partial charge in [0, 0.05) is 51.3 Å². The molecular weight excluding hydrogens is 469 g/mol. The van der Waals surface area contributed by atoms with Gasteiger partial charge in [-0.05, 0) is 30.5 Å². The Bertz CT molecular complexity index is 1050. The van der Waals surface area contributed by atoms with Crippen molar-refractivity contribution in [3.05, 3.63) is 70.5 Å². The Hall–Kier alpha value is -2.78. The third-order valence-corrected chi connectivity index (χ3v) is 6.29. The first-order valence-electron chi connectivity index (χ1n) is 11.0. The van der Waals surface area contributed by atoms with Gasteiger partial charge in [-0.3, -0.25) is 4.79 Å². The van der Waals surface area contributed by atoms with Crippen LogP contribution in [0.3, 0.4) is 0 Å². The third-order valence-electron chi connectivity index (χ3n) is 6.29. The van der Waals surface area contributed by atoms with Crippen LogP contribution in [0.1, 0.15) is 23.1 Å². The third kappa shape index (κ3) is 5.64. The minimum atomic E-state index is -1.26. The first-order valence-corrected chi connectivity index (χ1v) is 11.0. The maximum absolute atomic E-state index is 13.9. The molecule has 0 spiro atoms. The van der Waals surface area contributed by atoms with E-state index in [1.165, 1.54) is 0 Å². The summed E-state index contributed by atoms with van der Waals surface area (Å²) in [6.07, 6.45) is -0.132. The summed E-state index contributed by atoms with van der Waals surface area (Å²) in [4.78, 5) is 30.8. The summed E-state index contributed by atoms with van der Waals surface area (Å²) in [5, 5.41) is 0. The van der Waals surface area contributed by atoms with Crippen LogP contribution in [0.4, 0.5) is 18.0 Å². The number of halogens is 4. The lowest BCUT2D eigenvalue weighted by molar-refractivity contribution is -0.133. The van der Waals surface area contributed by atoms with E-state index in [1.807, 2.05) is 31.2 Å². The molecule has 2 aliphatic heterocycles. The maximum Gasteiger partial charge on any atom is 0.320 e. The zero-order valence-electron chi connectivity index (χ0n) is 18.8. The molecule has 10 heteroatoms. The second-order valence-electron chi connectivity index (χ2n) is 8.86. The van der Waals surface area contributed by atoms with Crippen molar-refractivity contribution < 1.29 is 22.8 Å². The number of amides is 3. The van der Waals surface area contributed by atoms with Gasteiger partial charge in [-0.25, -0.2) is 18.0 Å². The molecule has 6 nitrogen and oxygen atoms in total. The summed E-state index contributed by atoms with van der Waals surface area (Å²) >= 11 is 0.